The van der Waals surface area contributed by atoms with Crippen LogP contribution in [0.15, 0.2) is 53.6 Å². The van der Waals surface area contributed by atoms with Crippen molar-refractivity contribution in [1.29, 1.82) is 0 Å². The SMILES string of the molecule is O=c1c2cccnc2cnn1CC(O)c1ccc(C(F)(F)F)cc1. The number of rotatable bonds is 3. The largest absolute Gasteiger partial charge is 0.416 e. The molecule has 0 bridgehead atoms. The molecule has 1 N–H and O–H groups in total. The fraction of sp³-hybridized carbons (Fsp3) is 0.188. The van der Waals surface area contributed by atoms with Crippen LogP contribution in [-0.4, -0.2) is 19.9 Å². The normalized spacial score (nSPS) is 13.2. The van der Waals surface area contributed by atoms with E-state index in [0.29, 0.717) is 10.9 Å². The van der Waals surface area contributed by atoms with Gasteiger partial charge in [-0.15, -0.1) is 0 Å². The smallest absolute Gasteiger partial charge is 0.386 e. The lowest BCUT2D eigenvalue weighted by atomic mass is 10.1. The number of nitrogens with zero attached hydrogens (tertiary/aromatic N) is 3. The predicted molar refractivity (Wildman–Crippen MR) is 80.2 cm³/mol. The molecule has 3 aromatic rings. The maximum Gasteiger partial charge on any atom is 0.416 e. The van der Waals surface area contributed by atoms with E-state index in [4.69, 9.17) is 0 Å². The molecule has 0 aliphatic heterocycles. The van der Waals surface area contributed by atoms with Crippen LogP contribution in [0.3, 0.4) is 0 Å². The summed E-state index contributed by atoms with van der Waals surface area (Å²) in [5.74, 6) is 0. The summed E-state index contributed by atoms with van der Waals surface area (Å²) >= 11 is 0. The molecule has 124 valence electrons. The number of fused-ring (bicyclic) bond motifs is 1. The van der Waals surface area contributed by atoms with Crippen LogP contribution in [-0.2, 0) is 12.7 Å². The average molecular weight is 335 g/mol. The first-order valence-electron chi connectivity index (χ1n) is 7.02. The average Bonchev–Trinajstić information content (AvgIpc) is 2.57. The predicted octanol–water partition coefficient (Wildman–Crippen LogP) is 2.54. The van der Waals surface area contributed by atoms with Crippen molar-refractivity contribution >= 4 is 10.9 Å². The molecule has 0 aliphatic carbocycles. The maximum atomic E-state index is 12.5. The zero-order valence-electron chi connectivity index (χ0n) is 12.2. The Hall–Kier alpha value is -2.74. The minimum Gasteiger partial charge on any atom is -0.386 e. The van der Waals surface area contributed by atoms with E-state index in [1.165, 1.54) is 24.5 Å². The molecule has 3 rings (SSSR count). The molecule has 0 saturated heterocycles. The van der Waals surface area contributed by atoms with Crippen LogP contribution in [0.25, 0.3) is 10.9 Å². The van der Waals surface area contributed by atoms with Crippen LogP contribution in [0, 0.1) is 0 Å². The molecule has 0 spiro atoms. The topological polar surface area (TPSA) is 68.0 Å². The molecule has 0 saturated carbocycles. The van der Waals surface area contributed by atoms with Gasteiger partial charge in [0.1, 0.15) is 0 Å². The van der Waals surface area contributed by atoms with E-state index in [9.17, 15) is 23.1 Å². The van der Waals surface area contributed by atoms with Crippen molar-refractivity contribution in [2.24, 2.45) is 0 Å². The Bertz CT molecular complexity index is 920. The highest BCUT2D eigenvalue weighted by atomic mass is 19.4. The number of halogens is 3. The van der Waals surface area contributed by atoms with Gasteiger partial charge in [-0.25, -0.2) is 4.68 Å². The summed E-state index contributed by atoms with van der Waals surface area (Å²) < 4.78 is 38.7. The number of hydrogen-bond acceptors (Lipinski definition) is 4. The minimum atomic E-state index is -4.44. The molecule has 0 fully saturated rings. The molecule has 1 unspecified atom stereocenters. The van der Waals surface area contributed by atoms with Gasteiger partial charge in [-0.2, -0.15) is 18.3 Å². The van der Waals surface area contributed by atoms with Crippen LogP contribution in [0.4, 0.5) is 13.2 Å². The summed E-state index contributed by atoms with van der Waals surface area (Å²) in [7, 11) is 0. The molecule has 2 aromatic heterocycles. The maximum absolute atomic E-state index is 12.5. The number of alkyl halides is 3. The van der Waals surface area contributed by atoms with Crippen molar-refractivity contribution in [3.8, 4) is 0 Å². The van der Waals surface area contributed by atoms with Crippen molar-refractivity contribution in [3.05, 3.63) is 70.3 Å². The van der Waals surface area contributed by atoms with Crippen molar-refractivity contribution in [1.82, 2.24) is 14.8 Å². The second-order valence-electron chi connectivity index (χ2n) is 5.20. The van der Waals surface area contributed by atoms with Gasteiger partial charge in [0, 0.05) is 6.20 Å². The monoisotopic (exact) mass is 335 g/mol. The van der Waals surface area contributed by atoms with Gasteiger partial charge in [-0.3, -0.25) is 9.78 Å². The molecule has 1 aromatic carbocycles. The standard InChI is InChI=1S/C16H12F3N3O2/c17-16(18,19)11-5-3-10(4-6-11)14(23)9-22-15(24)12-2-1-7-20-13(12)8-21-22/h1-8,14,23H,9H2. The van der Waals surface area contributed by atoms with Crippen LogP contribution < -0.4 is 5.56 Å². The molecule has 24 heavy (non-hydrogen) atoms. The second kappa shape index (κ2) is 6.04. The van der Waals surface area contributed by atoms with Gasteiger partial charge in [0.25, 0.3) is 5.56 Å². The van der Waals surface area contributed by atoms with Gasteiger partial charge < -0.3 is 5.11 Å². The van der Waals surface area contributed by atoms with Crippen molar-refractivity contribution in [2.75, 3.05) is 0 Å². The summed E-state index contributed by atoms with van der Waals surface area (Å²) in [4.78, 5) is 16.3. The lowest BCUT2D eigenvalue weighted by Crippen LogP contribution is -2.26. The molecule has 5 nitrogen and oxygen atoms in total. The third-order valence-corrected chi connectivity index (χ3v) is 3.59. The van der Waals surface area contributed by atoms with Crippen LogP contribution in [0.5, 0.6) is 0 Å². The Morgan fingerprint density at radius 3 is 2.54 bits per heavy atom. The highest BCUT2D eigenvalue weighted by Crippen LogP contribution is 2.30. The Morgan fingerprint density at radius 2 is 1.88 bits per heavy atom. The highest BCUT2D eigenvalue weighted by molar-refractivity contribution is 5.75. The van der Waals surface area contributed by atoms with E-state index in [2.05, 4.69) is 10.1 Å². The van der Waals surface area contributed by atoms with Gasteiger partial charge >= 0.3 is 6.18 Å². The number of pyridine rings is 1. The fourth-order valence-electron chi connectivity index (χ4n) is 2.31. The number of aromatic nitrogens is 3. The summed E-state index contributed by atoms with van der Waals surface area (Å²) in [5, 5.41) is 14.5. The van der Waals surface area contributed by atoms with Gasteiger partial charge in [0.05, 0.1) is 35.3 Å². The Morgan fingerprint density at radius 1 is 1.17 bits per heavy atom. The number of hydrogen-bond donors (Lipinski definition) is 1. The van der Waals surface area contributed by atoms with Gasteiger partial charge in [0.2, 0.25) is 0 Å². The van der Waals surface area contributed by atoms with E-state index >= 15 is 0 Å². The molecule has 2 heterocycles. The zero-order chi connectivity index (χ0) is 17.3. The molecular formula is C16H12F3N3O2. The van der Waals surface area contributed by atoms with E-state index in [-0.39, 0.29) is 12.1 Å². The van der Waals surface area contributed by atoms with Gasteiger partial charge in [0.15, 0.2) is 0 Å². The summed E-state index contributed by atoms with van der Waals surface area (Å²) in [6.07, 6.45) is -2.67. The lowest BCUT2D eigenvalue weighted by molar-refractivity contribution is -0.137. The van der Waals surface area contributed by atoms with Crippen molar-refractivity contribution in [3.63, 3.8) is 0 Å². The Kier molecular flexibility index (Phi) is 4.06. The second-order valence-corrected chi connectivity index (χ2v) is 5.20. The Labute approximate surface area is 134 Å². The van der Waals surface area contributed by atoms with Gasteiger partial charge in [-0.1, -0.05) is 12.1 Å². The number of aliphatic hydroxyl groups excluding tert-OH is 1. The van der Waals surface area contributed by atoms with Gasteiger partial charge in [-0.05, 0) is 29.8 Å². The van der Waals surface area contributed by atoms with Crippen molar-refractivity contribution in [2.45, 2.75) is 18.8 Å². The third-order valence-electron chi connectivity index (χ3n) is 3.59. The van der Waals surface area contributed by atoms with E-state index in [1.54, 1.807) is 12.1 Å². The highest BCUT2D eigenvalue weighted by Gasteiger charge is 2.30. The first kappa shape index (κ1) is 16.1. The first-order valence-corrected chi connectivity index (χ1v) is 7.02. The third kappa shape index (κ3) is 3.13. The zero-order valence-corrected chi connectivity index (χ0v) is 12.2. The molecule has 8 heteroatoms. The summed E-state index contributed by atoms with van der Waals surface area (Å²) in [6, 6.07) is 7.34. The van der Waals surface area contributed by atoms with Crippen LogP contribution >= 0.6 is 0 Å². The molecule has 0 radical (unpaired) electrons. The van der Waals surface area contributed by atoms with Crippen LogP contribution in [0.1, 0.15) is 17.2 Å². The quantitative estimate of drug-likeness (QED) is 0.799. The van der Waals surface area contributed by atoms with E-state index < -0.39 is 23.4 Å². The molecular weight excluding hydrogens is 323 g/mol. The lowest BCUT2D eigenvalue weighted by Gasteiger charge is -2.14. The number of aliphatic hydroxyl groups is 1. The van der Waals surface area contributed by atoms with E-state index in [1.807, 2.05) is 0 Å². The number of benzene rings is 1. The van der Waals surface area contributed by atoms with Crippen LogP contribution in [0.2, 0.25) is 0 Å². The molecule has 1 atom stereocenters. The Balaban J connectivity index is 1.86. The minimum absolute atomic E-state index is 0.172. The molecule has 0 amide bonds. The fourth-order valence-corrected chi connectivity index (χ4v) is 2.31. The summed E-state index contributed by atoms with van der Waals surface area (Å²) in [5.41, 5.74) is -0.525. The van der Waals surface area contributed by atoms with Crippen molar-refractivity contribution < 1.29 is 18.3 Å². The van der Waals surface area contributed by atoms with E-state index in [0.717, 1.165) is 16.8 Å². The first-order chi connectivity index (χ1) is 11.4. The molecule has 0 aliphatic rings. The summed E-state index contributed by atoms with van der Waals surface area (Å²) in [6.45, 7) is -0.172.